The van der Waals surface area contributed by atoms with Gasteiger partial charge in [0.1, 0.15) is 5.41 Å². The second-order valence-corrected chi connectivity index (χ2v) is 11.9. The highest BCUT2D eigenvalue weighted by molar-refractivity contribution is 7.87. The van der Waals surface area contributed by atoms with E-state index in [1.807, 2.05) is 0 Å². The molecule has 38 heavy (non-hydrogen) atoms. The lowest BCUT2D eigenvalue weighted by Crippen LogP contribution is -2.52. The van der Waals surface area contributed by atoms with E-state index in [0.29, 0.717) is 13.2 Å². The van der Waals surface area contributed by atoms with E-state index < -0.39 is 32.7 Å². The summed E-state index contributed by atoms with van der Waals surface area (Å²) in [6.07, 6.45) is 17.1. The Labute approximate surface area is 230 Å². The van der Waals surface area contributed by atoms with Crippen molar-refractivity contribution in [2.75, 3.05) is 26.4 Å². The maximum Gasteiger partial charge on any atom is 0.325 e. The van der Waals surface area contributed by atoms with Crippen molar-refractivity contribution in [1.82, 2.24) is 0 Å². The second kappa shape index (κ2) is 22.6. The smallest absolute Gasteiger partial charge is 0.325 e. The number of aliphatic carboxylic acids is 2. The summed E-state index contributed by atoms with van der Waals surface area (Å²) >= 11 is 0. The standard InChI is InChI=1S/C28H54O9S/c1-3-5-7-9-11-13-15-17-21-36-23-19-28(27(31)32,25(26(29)30)38(33,34)35)20-24-37-22-18-16-14-12-10-8-6-4-2/h25H,3-24H2,1-2H3,(H,29,30)(H,31,32)(H,33,34,35). The van der Waals surface area contributed by atoms with Gasteiger partial charge < -0.3 is 19.7 Å². The van der Waals surface area contributed by atoms with E-state index in [2.05, 4.69) is 13.8 Å². The van der Waals surface area contributed by atoms with E-state index in [9.17, 15) is 32.8 Å². The Hall–Kier alpha value is -1.23. The second-order valence-electron chi connectivity index (χ2n) is 10.4. The van der Waals surface area contributed by atoms with Gasteiger partial charge in [-0.05, 0) is 25.7 Å². The van der Waals surface area contributed by atoms with E-state index in [-0.39, 0.29) is 26.1 Å². The van der Waals surface area contributed by atoms with Crippen molar-refractivity contribution in [2.24, 2.45) is 5.41 Å². The Bertz CT molecular complexity index is 683. The van der Waals surface area contributed by atoms with Crippen LogP contribution in [0.1, 0.15) is 129 Å². The Kier molecular flexibility index (Phi) is 21.8. The number of carbonyl (C=O) groups is 2. The molecule has 226 valence electrons. The van der Waals surface area contributed by atoms with Crippen LogP contribution in [0.2, 0.25) is 0 Å². The van der Waals surface area contributed by atoms with E-state index in [0.717, 1.165) is 51.4 Å². The van der Waals surface area contributed by atoms with Gasteiger partial charge in [0.15, 0.2) is 5.25 Å². The van der Waals surface area contributed by atoms with E-state index in [4.69, 9.17) is 9.47 Å². The van der Waals surface area contributed by atoms with Crippen molar-refractivity contribution in [1.29, 1.82) is 0 Å². The molecule has 0 aliphatic carbocycles. The first-order valence-corrected chi connectivity index (χ1v) is 16.2. The molecule has 0 aliphatic heterocycles. The summed E-state index contributed by atoms with van der Waals surface area (Å²) < 4.78 is 44.7. The molecule has 0 aromatic carbocycles. The molecule has 10 heteroatoms. The summed E-state index contributed by atoms with van der Waals surface area (Å²) in [7, 11) is -5.19. The summed E-state index contributed by atoms with van der Waals surface area (Å²) in [5.74, 6) is -3.50. The predicted octanol–water partition coefficient (Wildman–Crippen LogP) is 6.49. The van der Waals surface area contributed by atoms with Gasteiger partial charge in [0.05, 0.1) is 0 Å². The summed E-state index contributed by atoms with van der Waals surface area (Å²) in [5.41, 5.74) is -2.27. The lowest BCUT2D eigenvalue weighted by molar-refractivity contribution is -0.158. The number of hydrogen-bond donors (Lipinski definition) is 3. The molecule has 0 bridgehead atoms. The third kappa shape index (κ3) is 16.7. The SMILES string of the molecule is CCCCCCCCCCOCCC(CCOCCCCCCCCCC)(C(=O)O)C(C(=O)O)S(=O)(=O)O. The normalized spacial score (nSPS) is 13.0. The van der Waals surface area contributed by atoms with Crippen LogP contribution in [-0.2, 0) is 29.2 Å². The average molecular weight is 567 g/mol. The number of carboxylic acids is 2. The van der Waals surface area contributed by atoms with Gasteiger partial charge in [-0.2, -0.15) is 8.42 Å². The van der Waals surface area contributed by atoms with Crippen molar-refractivity contribution < 1.29 is 42.2 Å². The van der Waals surface area contributed by atoms with E-state index >= 15 is 0 Å². The van der Waals surface area contributed by atoms with Gasteiger partial charge in [-0.15, -0.1) is 0 Å². The molecule has 9 nitrogen and oxygen atoms in total. The van der Waals surface area contributed by atoms with Gasteiger partial charge in [0, 0.05) is 26.4 Å². The Balaban J connectivity index is 4.74. The predicted molar refractivity (Wildman–Crippen MR) is 149 cm³/mol. The van der Waals surface area contributed by atoms with Crippen LogP contribution in [-0.4, -0.2) is 66.8 Å². The topological polar surface area (TPSA) is 147 Å². The van der Waals surface area contributed by atoms with Crippen LogP contribution < -0.4 is 0 Å². The third-order valence-corrected chi connectivity index (χ3v) is 8.37. The zero-order valence-corrected chi connectivity index (χ0v) is 24.6. The monoisotopic (exact) mass is 566 g/mol. The van der Waals surface area contributed by atoms with Crippen molar-refractivity contribution in [3.8, 4) is 0 Å². The zero-order valence-electron chi connectivity index (χ0n) is 23.8. The summed E-state index contributed by atoms with van der Waals surface area (Å²) in [4.78, 5) is 24.1. The fourth-order valence-corrected chi connectivity index (χ4v) is 5.91. The molecular weight excluding hydrogens is 512 g/mol. The minimum atomic E-state index is -5.19. The average Bonchev–Trinajstić information content (AvgIpc) is 2.84. The first-order chi connectivity index (χ1) is 18.1. The molecule has 1 unspecified atom stereocenters. The van der Waals surface area contributed by atoms with Crippen LogP contribution in [0.3, 0.4) is 0 Å². The minimum absolute atomic E-state index is 0.125. The van der Waals surface area contributed by atoms with Crippen LogP contribution in [0, 0.1) is 5.41 Å². The summed E-state index contributed by atoms with van der Waals surface area (Å²) in [5, 5.41) is 17.0. The van der Waals surface area contributed by atoms with Gasteiger partial charge in [-0.25, -0.2) is 0 Å². The molecule has 1 atom stereocenters. The molecule has 0 fully saturated rings. The lowest BCUT2D eigenvalue weighted by Gasteiger charge is -2.33. The van der Waals surface area contributed by atoms with Crippen LogP contribution in [0.15, 0.2) is 0 Å². The minimum Gasteiger partial charge on any atom is -0.481 e. The van der Waals surface area contributed by atoms with Gasteiger partial charge in [0.25, 0.3) is 10.1 Å². The van der Waals surface area contributed by atoms with Gasteiger partial charge in [-0.1, -0.05) is 104 Å². The molecule has 0 rings (SSSR count). The van der Waals surface area contributed by atoms with Crippen LogP contribution in [0.25, 0.3) is 0 Å². The molecule has 0 amide bonds. The Morgan fingerprint density at radius 3 is 1.26 bits per heavy atom. The molecule has 0 aliphatic rings. The lowest BCUT2D eigenvalue weighted by atomic mass is 9.78. The number of carboxylic acid groups (broad SMARTS) is 2. The molecule has 0 heterocycles. The quantitative estimate of drug-likeness (QED) is 0.0713. The van der Waals surface area contributed by atoms with Crippen LogP contribution in [0.4, 0.5) is 0 Å². The molecule has 0 saturated heterocycles. The van der Waals surface area contributed by atoms with Gasteiger partial charge in [0.2, 0.25) is 0 Å². The van der Waals surface area contributed by atoms with Crippen molar-refractivity contribution in [3.05, 3.63) is 0 Å². The molecule has 0 saturated carbocycles. The summed E-state index contributed by atoms with van der Waals surface area (Å²) in [6.45, 7) is 4.86. The molecule has 0 spiro atoms. The molecule has 0 radical (unpaired) electrons. The van der Waals surface area contributed by atoms with Crippen LogP contribution >= 0.6 is 0 Å². The highest BCUT2D eigenvalue weighted by Crippen LogP contribution is 2.36. The molecular formula is C28H54O9S. The number of unbranched alkanes of at least 4 members (excludes halogenated alkanes) is 14. The van der Waals surface area contributed by atoms with Gasteiger partial charge >= 0.3 is 11.9 Å². The van der Waals surface area contributed by atoms with Crippen molar-refractivity contribution >= 4 is 22.1 Å². The summed E-state index contributed by atoms with van der Waals surface area (Å²) in [6, 6.07) is 0. The van der Waals surface area contributed by atoms with E-state index in [1.165, 1.54) is 51.4 Å². The molecule has 0 aromatic heterocycles. The highest BCUT2D eigenvalue weighted by atomic mass is 32.2. The molecule has 0 aromatic rings. The Morgan fingerprint density at radius 2 is 0.974 bits per heavy atom. The van der Waals surface area contributed by atoms with Crippen molar-refractivity contribution in [3.63, 3.8) is 0 Å². The first-order valence-electron chi connectivity index (χ1n) is 14.7. The van der Waals surface area contributed by atoms with Crippen molar-refractivity contribution in [2.45, 2.75) is 135 Å². The van der Waals surface area contributed by atoms with Gasteiger partial charge in [-0.3, -0.25) is 14.1 Å². The fraction of sp³-hybridized carbons (Fsp3) is 0.929. The highest BCUT2D eigenvalue weighted by Gasteiger charge is 2.55. The third-order valence-electron chi connectivity index (χ3n) is 7.12. The number of hydrogen-bond acceptors (Lipinski definition) is 6. The zero-order chi connectivity index (χ0) is 28.7. The fourth-order valence-electron chi connectivity index (χ4n) is 4.75. The number of rotatable bonds is 28. The first kappa shape index (κ1) is 36.8. The van der Waals surface area contributed by atoms with E-state index in [1.54, 1.807) is 0 Å². The maximum atomic E-state index is 12.3. The largest absolute Gasteiger partial charge is 0.481 e. The Morgan fingerprint density at radius 1 is 0.632 bits per heavy atom. The number of ether oxygens (including phenoxy) is 2. The van der Waals surface area contributed by atoms with Crippen LogP contribution in [0.5, 0.6) is 0 Å². The molecule has 3 N–H and O–H groups in total. The maximum absolute atomic E-state index is 12.3.